The molecule has 23 heavy (non-hydrogen) atoms. The van der Waals surface area contributed by atoms with Crippen molar-refractivity contribution in [1.82, 2.24) is 0 Å². The monoisotopic (exact) mass is 337 g/mol. The molecule has 0 radical (unpaired) electrons. The summed E-state index contributed by atoms with van der Waals surface area (Å²) < 4.78 is 4.92. The summed E-state index contributed by atoms with van der Waals surface area (Å²) in [5, 5.41) is 3.66. The van der Waals surface area contributed by atoms with Crippen molar-refractivity contribution in [2.45, 2.75) is 51.5 Å². The molecule has 1 saturated heterocycles. The minimum atomic E-state index is -0.335. The van der Waals surface area contributed by atoms with E-state index in [-0.39, 0.29) is 11.9 Å². The average molecular weight is 337 g/mol. The van der Waals surface area contributed by atoms with Crippen molar-refractivity contribution in [3.05, 3.63) is 16.0 Å². The summed E-state index contributed by atoms with van der Waals surface area (Å²) in [7, 11) is 1.40. The molecule has 1 aromatic rings. The molecular weight excluding hydrogens is 312 g/mol. The van der Waals surface area contributed by atoms with Crippen LogP contribution in [0.4, 0.5) is 5.00 Å². The van der Waals surface area contributed by atoms with E-state index in [4.69, 9.17) is 4.74 Å². The predicted octanol–water partition coefficient (Wildman–Crippen LogP) is 1.42. The number of methoxy groups -OCH3 is 1. The summed E-state index contributed by atoms with van der Waals surface area (Å²) in [4.78, 5) is 27.1. The van der Waals surface area contributed by atoms with Gasteiger partial charge >= 0.3 is 5.97 Å². The predicted molar refractivity (Wildman–Crippen MR) is 90.3 cm³/mol. The standard InChI is InChI=1S/C17H24N2O3S/c1-11-6-3-4-9-19(11)10-14(20)18-16-15(17(21)22-2)12-7-5-8-13(12)23-16/h11H,3-10H2,1-2H3,(H,18,20)/p+1/t11-/m1/s1. The molecule has 0 bridgehead atoms. The van der Waals surface area contributed by atoms with Crippen molar-refractivity contribution < 1.29 is 19.2 Å². The largest absolute Gasteiger partial charge is 0.465 e. The van der Waals surface area contributed by atoms with Gasteiger partial charge in [0.05, 0.1) is 25.3 Å². The quantitative estimate of drug-likeness (QED) is 0.817. The van der Waals surface area contributed by atoms with Crippen LogP contribution in [0.2, 0.25) is 0 Å². The number of fused-ring (bicyclic) bond motifs is 1. The zero-order chi connectivity index (χ0) is 16.4. The summed E-state index contributed by atoms with van der Waals surface area (Å²) in [6, 6.07) is 0.530. The van der Waals surface area contributed by atoms with Crippen molar-refractivity contribution >= 4 is 28.2 Å². The Bertz CT molecular complexity index is 611. The number of piperidine rings is 1. The van der Waals surface area contributed by atoms with Gasteiger partial charge in [-0.1, -0.05) is 0 Å². The number of esters is 1. The van der Waals surface area contributed by atoms with Gasteiger partial charge in [-0.15, -0.1) is 11.3 Å². The van der Waals surface area contributed by atoms with E-state index in [9.17, 15) is 9.59 Å². The lowest BCUT2D eigenvalue weighted by Gasteiger charge is -2.29. The highest BCUT2D eigenvalue weighted by Crippen LogP contribution is 2.39. The maximum absolute atomic E-state index is 12.4. The molecule has 126 valence electrons. The van der Waals surface area contributed by atoms with Gasteiger partial charge < -0.3 is 15.0 Å². The zero-order valence-electron chi connectivity index (χ0n) is 13.9. The van der Waals surface area contributed by atoms with Gasteiger partial charge in [-0.3, -0.25) is 4.79 Å². The first-order chi connectivity index (χ1) is 11.1. The summed E-state index contributed by atoms with van der Waals surface area (Å²) >= 11 is 1.54. The van der Waals surface area contributed by atoms with Crippen LogP contribution in [0.25, 0.3) is 0 Å². The minimum Gasteiger partial charge on any atom is -0.465 e. The van der Waals surface area contributed by atoms with Crippen LogP contribution in [0.1, 0.15) is 53.4 Å². The molecule has 0 aromatic carbocycles. The second-order valence-corrected chi connectivity index (χ2v) is 7.69. The van der Waals surface area contributed by atoms with E-state index < -0.39 is 0 Å². The van der Waals surface area contributed by atoms with Gasteiger partial charge in [0.15, 0.2) is 6.54 Å². The third kappa shape index (κ3) is 3.43. The fraction of sp³-hybridized carbons (Fsp3) is 0.647. The molecule has 2 atom stereocenters. The first kappa shape index (κ1) is 16.5. The molecule has 0 saturated carbocycles. The van der Waals surface area contributed by atoms with Gasteiger partial charge in [0, 0.05) is 4.88 Å². The topological polar surface area (TPSA) is 59.8 Å². The van der Waals surface area contributed by atoms with Crippen LogP contribution in [0, 0.1) is 0 Å². The fourth-order valence-electron chi connectivity index (χ4n) is 3.70. The van der Waals surface area contributed by atoms with Crippen LogP contribution in [0.3, 0.4) is 0 Å². The number of anilines is 1. The van der Waals surface area contributed by atoms with Gasteiger partial charge in [0.2, 0.25) is 0 Å². The number of carbonyl (C=O) groups excluding carboxylic acids is 2. The molecule has 0 spiro atoms. The smallest absolute Gasteiger partial charge is 0.341 e. The molecule has 6 heteroatoms. The van der Waals surface area contributed by atoms with Gasteiger partial charge in [0.1, 0.15) is 5.00 Å². The molecule has 1 aliphatic heterocycles. The number of carbonyl (C=O) groups is 2. The van der Waals surface area contributed by atoms with Gasteiger partial charge in [-0.05, 0) is 51.0 Å². The van der Waals surface area contributed by atoms with E-state index in [0.717, 1.165) is 31.4 Å². The minimum absolute atomic E-state index is 0.00109. The van der Waals surface area contributed by atoms with Crippen molar-refractivity contribution in [2.75, 3.05) is 25.5 Å². The van der Waals surface area contributed by atoms with Crippen molar-refractivity contribution in [3.8, 4) is 0 Å². The normalized spacial score (nSPS) is 23.4. The third-order valence-corrected chi connectivity index (χ3v) is 6.24. The lowest BCUT2D eigenvalue weighted by molar-refractivity contribution is -0.920. The second-order valence-electron chi connectivity index (χ2n) is 6.58. The highest BCUT2D eigenvalue weighted by molar-refractivity contribution is 7.17. The van der Waals surface area contributed by atoms with E-state index in [2.05, 4.69) is 12.2 Å². The Morgan fingerprint density at radius 3 is 2.87 bits per heavy atom. The Morgan fingerprint density at radius 2 is 2.13 bits per heavy atom. The zero-order valence-corrected chi connectivity index (χ0v) is 14.7. The number of amides is 1. The number of ether oxygens (including phenoxy) is 1. The first-order valence-corrected chi connectivity index (χ1v) is 9.29. The molecule has 3 rings (SSSR count). The van der Waals surface area contributed by atoms with Crippen LogP contribution in [-0.2, 0) is 22.4 Å². The Kier molecular flexibility index (Phi) is 5.02. The number of likely N-dealkylation sites (tertiary alicyclic amines) is 1. The fourth-order valence-corrected chi connectivity index (χ4v) is 5.00. The molecular formula is C17H25N2O3S+. The molecule has 1 unspecified atom stereocenters. The molecule has 1 fully saturated rings. The SMILES string of the molecule is COC(=O)c1c(NC(=O)C[NH+]2CCCC[C@H]2C)sc2c1CCC2. The van der Waals surface area contributed by atoms with Crippen molar-refractivity contribution in [2.24, 2.45) is 0 Å². The Labute approximate surface area is 141 Å². The molecule has 1 aromatic heterocycles. The Hall–Kier alpha value is -1.40. The number of hydrogen-bond acceptors (Lipinski definition) is 4. The van der Waals surface area contributed by atoms with Crippen molar-refractivity contribution in [1.29, 1.82) is 0 Å². The second kappa shape index (κ2) is 7.01. The average Bonchev–Trinajstić information content (AvgIpc) is 3.09. The number of aryl methyl sites for hydroxylation is 1. The Morgan fingerprint density at radius 1 is 1.30 bits per heavy atom. The van der Waals surface area contributed by atoms with E-state index in [0.29, 0.717) is 23.2 Å². The van der Waals surface area contributed by atoms with E-state index >= 15 is 0 Å². The van der Waals surface area contributed by atoms with Crippen LogP contribution in [0.5, 0.6) is 0 Å². The molecule has 2 N–H and O–H groups in total. The molecule has 1 amide bonds. The first-order valence-electron chi connectivity index (χ1n) is 8.47. The Balaban J connectivity index is 1.72. The number of hydrogen-bond donors (Lipinski definition) is 2. The van der Waals surface area contributed by atoms with Crippen LogP contribution in [-0.4, -0.2) is 38.1 Å². The molecule has 2 aliphatic rings. The van der Waals surface area contributed by atoms with Gasteiger partial charge in [-0.25, -0.2) is 4.79 Å². The van der Waals surface area contributed by atoms with Crippen molar-refractivity contribution in [3.63, 3.8) is 0 Å². The number of rotatable bonds is 4. The van der Waals surface area contributed by atoms with E-state index in [1.165, 1.54) is 36.1 Å². The lowest BCUT2D eigenvalue weighted by Crippen LogP contribution is -3.17. The lowest BCUT2D eigenvalue weighted by atomic mass is 10.0. The highest BCUT2D eigenvalue weighted by atomic mass is 32.1. The number of nitrogens with one attached hydrogen (secondary N) is 2. The molecule has 5 nitrogen and oxygen atoms in total. The summed E-state index contributed by atoms with van der Waals surface area (Å²) in [6.45, 7) is 3.74. The number of quaternary nitrogens is 1. The third-order valence-electron chi connectivity index (χ3n) is 5.03. The molecule has 2 heterocycles. The maximum Gasteiger partial charge on any atom is 0.341 e. The highest BCUT2D eigenvalue weighted by Gasteiger charge is 2.29. The number of thiophene rings is 1. The summed E-state index contributed by atoms with van der Waals surface area (Å²) in [5.41, 5.74) is 1.66. The summed E-state index contributed by atoms with van der Waals surface area (Å²) in [5.74, 6) is -0.336. The van der Waals surface area contributed by atoms with Crippen LogP contribution >= 0.6 is 11.3 Å². The summed E-state index contributed by atoms with van der Waals surface area (Å²) in [6.07, 6.45) is 6.61. The van der Waals surface area contributed by atoms with E-state index in [1.54, 1.807) is 11.3 Å². The van der Waals surface area contributed by atoms with Crippen LogP contribution < -0.4 is 10.2 Å². The van der Waals surface area contributed by atoms with Gasteiger partial charge in [0.25, 0.3) is 5.91 Å². The van der Waals surface area contributed by atoms with Crippen LogP contribution in [0.15, 0.2) is 0 Å². The van der Waals surface area contributed by atoms with Gasteiger partial charge in [-0.2, -0.15) is 0 Å². The van der Waals surface area contributed by atoms with E-state index in [1.807, 2.05) is 0 Å². The maximum atomic E-state index is 12.4. The molecule has 1 aliphatic carbocycles.